The van der Waals surface area contributed by atoms with Crippen LogP contribution < -0.4 is 10.6 Å². The standard InChI is InChI=1S/C13H13BrN4O/c14-8-3-4-10-9(6-8)13(17-7-16-10)18-5-1-2-11(18)12(15)19/h3-4,6-7,11H,1-2,5H2,(H2,15,19). The van der Waals surface area contributed by atoms with Crippen LogP contribution >= 0.6 is 15.9 Å². The molecule has 0 radical (unpaired) electrons. The van der Waals surface area contributed by atoms with Gasteiger partial charge in [0, 0.05) is 16.4 Å². The largest absolute Gasteiger partial charge is 0.368 e. The molecule has 1 atom stereocenters. The number of carbonyl (C=O) groups is 1. The molecule has 1 aliphatic rings. The van der Waals surface area contributed by atoms with Crippen molar-refractivity contribution in [2.24, 2.45) is 5.73 Å². The third-order valence-electron chi connectivity index (χ3n) is 3.43. The van der Waals surface area contributed by atoms with E-state index in [0.29, 0.717) is 0 Å². The molecule has 2 heterocycles. The van der Waals surface area contributed by atoms with Crippen LogP contribution in [0.2, 0.25) is 0 Å². The first kappa shape index (κ1) is 12.3. The Kier molecular flexibility index (Phi) is 3.10. The van der Waals surface area contributed by atoms with Crippen molar-refractivity contribution >= 4 is 38.6 Å². The summed E-state index contributed by atoms with van der Waals surface area (Å²) in [7, 11) is 0. The number of carbonyl (C=O) groups excluding carboxylic acids is 1. The van der Waals surface area contributed by atoms with Gasteiger partial charge in [-0.3, -0.25) is 4.79 Å². The molecule has 6 heteroatoms. The summed E-state index contributed by atoms with van der Waals surface area (Å²) in [6, 6.07) is 5.58. The quantitative estimate of drug-likeness (QED) is 0.916. The van der Waals surface area contributed by atoms with E-state index in [4.69, 9.17) is 5.73 Å². The lowest BCUT2D eigenvalue weighted by Gasteiger charge is -2.24. The third-order valence-corrected chi connectivity index (χ3v) is 3.92. The van der Waals surface area contributed by atoms with E-state index < -0.39 is 0 Å². The monoisotopic (exact) mass is 320 g/mol. The van der Waals surface area contributed by atoms with Gasteiger partial charge in [-0.2, -0.15) is 0 Å². The second-order valence-corrected chi connectivity index (χ2v) is 5.53. The number of rotatable bonds is 2. The molecular weight excluding hydrogens is 308 g/mol. The first-order chi connectivity index (χ1) is 9.16. The lowest BCUT2D eigenvalue weighted by Crippen LogP contribution is -2.40. The van der Waals surface area contributed by atoms with E-state index in [1.807, 2.05) is 23.1 Å². The highest BCUT2D eigenvalue weighted by Crippen LogP contribution is 2.30. The number of hydrogen-bond acceptors (Lipinski definition) is 4. The van der Waals surface area contributed by atoms with Crippen molar-refractivity contribution in [2.75, 3.05) is 11.4 Å². The summed E-state index contributed by atoms with van der Waals surface area (Å²) in [5.74, 6) is 0.492. The number of aromatic nitrogens is 2. The number of nitrogens with zero attached hydrogens (tertiary/aromatic N) is 3. The highest BCUT2D eigenvalue weighted by molar-refractivity contribution is 9.10. The fourth-order valence-electron chi connectivity index (χ4n) is 2.56. The molecule has 2 aromatic rings. The van der Waals surface area contributed by atoms with Gasteiger partial charge in [0.25, 0.3) is 0 Å². The van der Waals surface area contributed by atoms with Crippen LogP contribution in [0.1, 0.15) is 12.8 Å². The maximum absolute atomic E-state index is 11.5. The molecule has 1 saturated heterocycles. The fraction of sp³-hybridized carbons (Fsp3) is 0.308. The van der Waals surface area contributed by atoms with Crippen LogP contribution in [0.25, 0.3) is 10.9 Å². The van der Waals surface area contributed by atoms with E-state index in [1.54, 1.807) is 0 Å². The van der Waals surface area contributed by atoms with Crippen LogP contribution in [-0.4, -0.2) is 28.5 Å². The second-order valence-electron chi connectivity index (χ2n) is 4.61. The van der Waals surface area contributed by atoms with Crippen molar-refractivity contribution in [3.63, 3.8) is 0 Å². The molecule has 0 bridgehead atoms. The molecule has 1 unspecified atom stereocenters. The molecule has 1 aliphatic heterocycles. The molecule has 2 N–H and O–H groups in total. The highest BCUT2D eigenvalue weighted by atomic mass is 79.9. The average molecular weight is 321 g/mol. The zero-order valence-corrected chi connectivity index (χ0v) is 11.8. The Balaban J connectivity index is 2.14. The topological polar surface area (TPSA) is 72.1 Å². The van der Waals surface area contributed by atoms with E-state index >= 15 is 0 Å². The summed E-state index contributed by atoms with van der Waals surface area (Å²) in [4.78, 5) is 22.1. The second kappa shape index (κ2) is 4.77. The number of hydrogen-bond donors (Lipinski definition) is 1. The minimum absolute atomic E-state index is 0.267. The van der Waals surface area contributed by atoms with Gasteiger partial charge in [-0.1, -0.05) is 15.9 Å². The number of halogens is 1. The molecule has 98 valence electrons. The van der Waals surface area contributed by atoms with Crippen LogP contribution in [0.5, 0.6) is 0 Å². The normalized spacial score (nSPS) is 19.0. The third kappa shape index (κ3) is 2.16. The van der Waals surface area contributed by atoms with Crippen molar-refractivity contribution in [1.29, 1.82) is 0 Å². The molecule has 0 saturated carbocycles. The van der Waals surface area contributed by atoms with Gasteiger partial charge in [-0.15, -0.1) is 0 Å². The maximum atomic E-state index is 11.5. The smallest absolute Gasteiger partial charge is 0.240 e. The van der Waals surface area contributed by atoms with Gasteiger partial charge in [0.15, 0.2) is 0 Å². The molecule has 0 spiro atoms. The molecular formula is C13H13BrN4O. The van der Waals surface area contributed by atoms with E-state index in [1.165, 1.54) is 6.33 Å². The Labute approximate surface area is 119 Å². The van der Waals surface area contributed by atoms with Gasteiger partial charge in [0.1, 0.15) is 18.2 Å². The Hall–Kier alpha value is -1.69. The number of primary amides is 1. The molecule has 19 heavy (non-hydrogen) atoms. The van der Waals surface area contributed by atoms with E-state index in [2.05, 4.69) is 25.9 Å². The number of benzene rings is 1. The van der Waals surface area contributed by atoms with Crippen LogP contribution in [0.4, 0.5) is 5.82 Å². The molecule has 3 rings (SSSR count). The van der Waals surface area contributed by atoms with Crippen LogP contribution in [0.3, 0.4) is 0 Å². The SMILES string of the molecule is NC(=O)C1CCCN1c1ncnc2ccc(Br)cc12. The van der Waals surface area contributed by atoms with Crippen LogP contribution in [0, 0.1) is 0 Å². The molecule has 1 amide bonds. The average Bonchev–Trinajstić information content (AvgIpc) is 2.87. The maximum Gasteiger partial charge on any atom is 0.240 e. The molecule has 5 nitrogen and oxygen atoms in total. The fourth-order valence-corrected chi connectivity index (χ4v) is 2.92. The number of nitrogens with two attached hydrogens (primary N) is 1. The van der Waals surface area contributed by atoms with Crippen molar-refractivity contribution in [3.05, 3.63) is 29.0 Å². The lowest BCUT2D eigenvalue weighted by atomic mass is 10.2. The van der Waals surface area contributed by atoms with Gasteiger partial charge in [0.05, 0.1) is 5.52 Å². The number of amides is 1. The van der Waals surface area contributed by atoms with E-state index in [0.717, 1.165) is 40.6 Å². The van der Waals surface area contributed by atoms with E-state index in [9.17, 15) is 4.79 Å². The molecule has 1 aromatic heterocycles. The first-order valence-corrected chi connectivity index (χ1v) is 6.92. The Morgan fingerprint density at radius 3 is 3.05 bits per heavy atom. The Morgan fingerprint density at radius 1 is 1.42 bits per heavy atom. The van der Waals surface area contributed by atoms with Gasteiger partial charge >= 0.3 is 0 Å². The van der Waals surface area contributed by atoms with Gasteiger partial charge in [0.2, 0.25) is 5.91 Å². The highest BCUT2D eigenvalue weighted by Gasteiger charge is 2.31. The predicted octanol–water partition coefficient (Wildman–Crippen LogP) is 1.85. The summed E-state index contributed by atoms with van der Waals surface area (Å²) in [6.45, 7) is 0.798. The minimum atomic E-state index is -0.292. The summed E-state index contributed by atoms with van der Waals surface area (Å²) in [5, 5.41) is 0.935. The summed E-state index contributed by atoms with van der Waals surface area (Å²) >= 11 is 3.45. The van der Waals surface area contributed by atoms with Gasteiger partial charge in [-0.05, 0) is 31.0 Å². The van der Waals surface area contributed by atoms with Crippen molar-refractivity contribution in [1.82, 2.24) is 9.97 Å². The number of fused-ring (bicyclic) bond motifs is 1. The van der Waals surface area contributed by atoms with Crippen molar-refractivity contribution in [3.8, 4) is 0 Å². The van der Waals surface area contributed by atoms with Crippen LogP contribution in [-0.2, 0) is 4.79 Å². The Morgan fingerprint density at radius 2 is 2.26 bits per heavy atom. The number of anilines is 1. The molecule has 1 aromatic carbocycles. The minimum Gasteiger partial charge on any atom is -0.368 e. The zero-order valence-electron chi connectivity index (χ0n) is 10.2. The first-order valence-electron chi connectivity index (χ1n) is 6.13. The zero-order chi connectivity index (χ0) is 13.4. The van der Waals surface area contributed by atoms with E-state index in [-0.39, 0.29) is 11.9 Å². The predicted molar refractivity (Wildman–Crippen MR) is 76.8 cm³/mol. The van der Waals surface area contributed by atoms with Crippen molar-refractivity contribution in [2.45, 2.75) is 18.9 Å². The molecule has 1 fully saturated rings. The lowest BCUT2D eigenvalue weighted by molar-refractivity contribution is -0.119. The van der Waals surface area contributed by atoms with Gasteiger partial charge < -0.3 is 10.6 Å². The molecule has 0 aliphatic carbocycles. The van der Waals surface area contributed by atoms with Crippen molar-refractivity contribution < 1.29 is 4.79 Å². The Bertz CT molecular complexity index is 646. The van der Waals surface area contributed by atoms with Crippen LogP contribution in [0.15, 0.2) is 29.0 Å². The summed E-state index contributed by atoms with van der Waals surface area (Å²) in [6.07, 6.45) is 3.27. The van der Waals surface area contributed by atoms with Gasteiger partial charge in [-0.25, -0.2) is 9.97 Å². The summed E-state index contributed by atoms with van der Waals surface area (Å²) in [5.41, 5.74) is 6.33. The summed E-state index contributed by atoms with van der Waals surface area (Å²) < 4.78 is 0.964.